The van der Waals surface area contributed by atoms with E-state index in [2.05, 4.69) is 11.8 Å². The summed E-state index contributed by atoms with van der Waals surface area (Å²) in [4.78, 5) is 12.3. The second kappa shape index (κ2) is 7.11. The van der Waals surface area contributed by atoms with Gasteiger partial charge in [-0.2, -0.15) is 0 Å². The van der Waals surface area contributed by atoms with E-state index in [0.717, 1.165) is 5.56 Å². The highest BCUT2D eigenvalue weighted by molar-refractivity contribution is 5.91. The van der Waals surface area contributed by atoms with Gasteiger partial charge in [0.15, 0.2) is 17.6 Å². The molecule has 0 saturated heterocycles. The summed E-state index contributed by atoms with van der Waals surface area (Å²) in [6.07, 6.45) is 2.00. The topological polar surface area (TPSA) is 65.0 Å². The van der Waals surface area contributed by atoms with Crippen LogP contribution in [0.2, 0.25) is 0 Å². The van der Waals surface area contributed by atoms with Gasteiger partial charge in [0, 0.05) is 17.5 Å². The van der Waals surface area contributed by atoms with E-state index in [0.29, 0.717) is 28.7 Å². The van der Waals surface area contributed by atoms with Crippen LogP contribution < -0.4 is 14.2 Å². The summed E-state index contributed by atoms with van der Waals surface area (Å²) in [5.41, 5.74) is 1.35. The van der Waals surface area contributed by atoms with Crippen LogP contribution in [0, 0.1) is 17.8 Å². The highest BCUT2D eigenvalue weighted by atomic mass is 16.6. The van der Waals surface area contributed by atoms with Crippen molar-refractivity contribution in [1.29, 1.82) is 0 Å². The average Bonchev–Trinajstić information content (AvgIpc) is 3.51. The third-order valence-electron chi connectivity index (χ3n) is 4.17. The van der Waals surface area contributed by atoms with E-state index < -0.39 is 5.97 Å². The molecule has 1 aliphatic heterocycles. The van der Waals surface area contributed by atoms with Gasteiger partial charge < -0.3 is 19.3 Å². The Morgan fingerprint density at radius 3 is 2.69 bits per heavy atom. The molecule has 2 aromatic carbocycles. The molecule has 5 heteroatoms. The van der Waals surface area contributed by atoms with Gasteiger partial charge in [-0.25, -0.2) is 4.79 Å². The van der Waals surface area contributed by atoms with E-state index in [1.54, 1.807) is 30.3 Å². The molecule has 5 nitrogen and oxygen atoms in total. The standard InChI is InChI=1S/C21H18O5/c22-12-18-13-24-20-11-17(9-10-19(20)25-18)26-21(23)16-7-5-15(6-8-16)4-3-14-1-2-14/h5-11,14,18,22H,1-2,12-13H2. The summed E-state index contributed by atoms with van der Waals surface area (Å²) in [5.74, 6) is 7.79. The number of carbonyl (C=O) groups excluding carboxylic acids is 1. The first-order valence-corrected chi connectivity index (χ1v) is 8.59. The number of carbonyl (C=O) groups is 1. The van der Waals surface area contributed by atoms with Crippen LogP contribution in [0.4, 0.5) is 0 Å². The lowest BCUT2D eigenvalue weighted by Gasteiger charge is -2.25. The minimum Gasteiger partial charge on any atom is -0.486 e. The number of rotatable bonds is 3. The molecule has 2 aromatic rings. The molecule has 1 N–H and O–H groups in total. The molecule has 1 atom stereocenters. The number of ether oxygens (including phenoxy) is 3. The summed E-state index contributed by atoms with van der Waals surface area (Å²) >= 11 is 0. The van der Waals surface area contributed by atoms with E-state index in [1.165, 1.54) is 12.8 Å². The Kier molecular flexibility index (Phi) is 4.51. The van der Waals surface area contributed by atoms with Crippen molar-refractivity contribution in [2.75, 3.05) is 13.2 Å². The van der Waals surface area contributed by atoms with Crippen molar-refractivity contribution >= 4 is 5.97 Å². The Morgan fingerprint density at radius 2 is 1.96 bits per heavy atom. The van der Waals surface area contributed by atoms with Crippen LogP contribution in [0.25, 0.3) is 0 Å². The van der Waals surface area contributed by atoms with Gasteiger partial charge >= 0.3 is 5.97 Å². The van der Waals surface area contributed by atoms with Crippen molar-refractivity contribution in [3.8, 4) is 29.1 Å². The molecular weight excluding hydrogens is 332 g/mol. The molecule has 0 aromatic heterocycles. The van der Waals surface area contributed by atoms with Crippen LogP contribution in [-0.2, 0) is 0 Å². The Labute approximate surface area is 151 Å². The maximum atomic E-state index is 12.3. The summed E-state index contributed by atoms with van der Waals surface area (Å²) in [6.45, 7) is 0.140. The van der Waals surface area contributed by atoms with Gasteiger partial charge in [0.1, 0.15) is 12.4 Å². The molecule has 1 unspecified atom stereocenters. The molecule has 1 saturated carbocycles. The summed E-state index contributed by atoms with van der Waals surface area (Å²) in [6, 6.07) is 12.0. The molecule has 1 heterocycles. The van der Waals surface area contributed by atoms with E-state index in [9.17, 15) is 4.79 Å². The number of aliphatic hydroxyl groups excluding tert-OH is 1. The lowest BCUT2D eigenvalue weighted by Crippen LogP contribution is -2.32. The SMILES string of the molecule is O=C(Oc1ccc2c(c1)OCC(CO)O2)c1ccc(C#CC2CC2)cc1. The van der Waals surface area contributed by atoms with Crippen molar-refractivity contribution in [2.24, 2.45) is 5.92 Å². The molecule has 0 spiro atoms. The third-order valence-corrected chi connectivity index (χ3v) is 4.17. The highest BCUT2D eigenvalue weighted by Crippen LogP contribution is 2.35. The second-order valence-electron chi connectivity index (χ2n) is 6.35. The van der Waals surface area contributed by atoms with Crippen molar-refractivity contribution in [1.82, 2.24) is 0 Å². The molecule has 132 valence electrons. The fourth-order valence-electron chi connectivity index (χ4n) is 2.52. The molecule has 2 aliphatic rings. The van der Waals surface area contributed by atoms with Crippen LogP contribution >= 0.6 is 0 Å². The Morgan fingerprint density at radius 1 is 1.15 bits per heavy atom. The quantitative estimate of drug-likeness (QED) is 0.524. The lowest BCUT2D eigenvalue weighted by molar-refractivity contribution is 0.0452. The van der Waals surface area contributed by atoms with Crippen molar-refractivity contribution in [3.05, 3.63) is 53.6 Å². The fourth-order valence-corrected chi connectivity index (χ4v) is 2.52. The van der Waals surface area contributed by atoms with Gasteiger partial charge in [0.05, 0.1) is 12.2 Å². The summed E-state index contributed by atoms with van der Waals surface area (Å²) in [7, 11) is 0. The second-order valence-corrected chi connectivity index (χ2v) is 6.35. The molecule has 1 aliphatic carbocycles. The first-order valence-electron chi connectivity index (χ1n) is 8.59. The Bertz CT molecular complexity index is 872. The maximum Gasteiger partial charge on any atom is 0.343 e. The van der Waals surface area contributed by atoms with E-state index >= 15 is 0 Å². The zero-order valence-electron chi connectivity index (χ0n) is 14.1. The fraction of sp³-hybridized carbons (Fsp3) is 0.286. The van der Waals surface area contributed by atoms with Crippen LogP contribution in [0.5, 0.6) is 17.2 Å². The normalized spacial score (nSPS) is 17.8. The summed E-state index contributed by atoms with van der Waals surface area (Å²) < 4.78 is 16.5. The molecule has 0 amide bonds. The van der Waals surface area contributed by atoms with Gasteiger partial charge in [0.2, 0.25) is 0 Å². The molecule has 4 rings (SSSR count). The number of esters is 1. The predicted molar refractivity (Wildman–Crippen MR) is 94.4 cm³/mol. The molecule has 26 heavy (non-hydrogen) atoms. The zero-order valence-corrected chi connectivity index (χ0v) is 14.1. The van der Waals surface area contributed by atoms with Gasteiger partial charge in [-0.1, -0.05) is 11.8 Å². The summed E-state index contributed by atoms with van der Waals surface area (Å²) in [5, 5.41) is 9.12. The predicted octanol–water partition coefficient (Wildman–Crippen LogP) is 2.80. The highest BCUT2D eigenvalue weighted by Gasteiger charge is 2.21. The Hall–Kier alpha value is -2.97. The minimum absolute atomic E-state index is 0.114. The van der Waals surface area contributed by atoms with Crippen LogP contribution in [0.3, 0.4) is 0 Å². The first-order chi connectivity index (χ1) is 12.7. The number of fused-ring (bicyclic) bond motifs is 1. The Balaban J connectivity index is 1.42. The van der Waals surface area contributed by atoms with Crippen LogP contribution in [-0.4, -0.2) is 30.4 Å². The van der Waals surface area contributed by atoms with Gasteiger partial charge in [-0.3, -0.25) is 0 Å². The average molecular weight is 350 g/mol. The smallest absolute Gasteiger partial charge is 0.343 e. The third kappa shape index (κ3) is 3.81. The monoisotopic (exact) mass is 350 g/mol. The molecule has 0 radical (unpaired) electrons. The van der Waals surface area contributed by atoms with Crippen LogP contribution in [0.15, 0.2) is 42.5 Å². The minimum atomic E-state index is -0.448. The van der Waals surface area contributed by atoms with E-state index in [-0.39, 0.29) is 19.3 Å². The number of hydrogen-bond acceptors (Lipinski definition) is 5. The lowest BCUT2D eigenvalue weighted by atomic mass is 10.1. The van der Waals surface area contributed by atoms with Gasteiger partial charge in [0.25, 0.3) is 0 Å². The van der Waals surface area contributed by atoms with E-state index in [1.807, 2.05) is 12.1 Å². The number of aliphatic hydroxyl groups is 1. The van der Waals surface area contributed by atoms with Crippen molar-refractivity contribution in [3.63, 3.8) is 0 Å². The maximum absolute atomic E-state index is 12.3. The van der Waals surface area contributed by atoms with Gasteiger partial charge in [-0.05, 0) is 49.2 Å². The number of benzene rings is 2. The molecular formula is C21H18O5. The number of hydrogen-bond donors (Lipinski definition) is 1. The molecule has 0 bridgehead atoms. The molecule has 1 fully saturated rings. The van der Waals surface area contributed by atoms with E-state index in [4.69, 9.17) is 19.3 Å². The zero-order chi connectivity index (χ0) is 17.9. The van der Waals surface area contributed by atoms with Crippen molar-refractivity contribution in [2.45, 2.75) is 18.9 Å². The van der Waals surface area contributed by atoms with Crippen molar-refractivity contribution < 1.29 is 24.1 Å². The first kappa shape index (κ1) is 16.5. The van der Waals surface area contributed by atoms with Crippen LogP contribution in [0.1, 0.15) is 28.8 Å². The largest absolute Gasteiger partial charge is 0.486 e. The van der Waals surface area contributed by atoms with Gasteiger partial charge in [-0.15, -0.1) is 0 Å².